The normalized spacial score (nSPS) is 10.7. The Balaban J connectivity index is 2.71. The number of hydrogen-bond donors (Lipinski definition) is 2. The summed E-state index contributed by atoms with van der Waals surface area (Å²) < 4.78 is 1.62. The van der Waals surface area contributed by atoms with Crippen LogP contribution >= 0.6 is 0 Å². The third kappa shape index (κ3) is 2.33. The standard InChI is InChI=1S/C13H18N6/c1-4-9-10(5-2)16-17-13(11(9)12(14)15)19-7-6-8(3)18-19/h6-7H,4-5H2,1-3H3,(H3,14,15). The highest BCUT2D eigenvalue weighted by Crippen LogP contribution is 2.19. The maximum Gasteiger partial charge on any atom is 0.186 e. The third-order valence-corrected chi connectivity index (χ3v) is 3.04. The Morgan fingerprint density at radius 2 is 2.05 bits per heavy atom. The monoisotopic (exact) mass is 258 g/mol. The molecule has 2 rings (SSSR count). The van der Waals surface area contributed by atoms with Gasteiger partial charge in [0.2, 0.25) is 0 Å². The van der Waals surface area contributed by atoms with E-state index >= 15 is 0 Å². The van der Waals surface area contributed by atoms with Gasteiger partial charge < -0.3 is 5.73 Å². The molecule has 19 heavy (non-hydrogen) atoms. The first-order valence-electron chi connectivity index (χ1n) is 6.33. The van der Waals surface area contributed by atoms with Crippen LogP contribution in [0.3, 0.4) is 0 Å². The van der Waals surface area contributed by atoms with Gasteiger partial charge in [-0.2, -0.15) is 10.2 Å². The van der Waals surface area contributed by atoms with Crippen molar-refractivity contribution < 1.29 is 0 Å². The molecular weight excluding hydrogens is 240 g/mol. The molecule has 0 aliphatic carbocycles. The van der Waals surface area contributed by atoms with Gasteiger partial charge in [0.1, 0.15) is 5.84 Å². The van der Waals surface area contributed by atoms with Crippen molar-refractivity contribution in [2.45, 2.75) is 33.6 Å². The van der Waals surface area contributed by atoms with E-state index < -0.39 is 0 Å². The Morgan fingerprint density at radius 3 is 2.53 bits per heavy atom. The predicted octanol–water partition coefficient (Wildman–Crippen LogP) is 1.38. The molecule has 0 saturated heterocycles. The number of hydrogen-bond acceptors (Lipinski definition) is 4. The quantitative estimate of drug-likeness (QED) is 0.640. The van der Waals surface area contributed by atoms with E-state index in [1.54, 1.807) is 10.9 Å². The lowest BCUT2D eigenvalue weighted by molar-refractivity contribution is 0.772. The third-order valence-electron chi connectivity index (χ3n) is 3.04. The molecule has 3 N–H and O–H groups in total. The molecule has 0 spiro atoms. The molecule has 2 aromatic rings. The minimum absolute atomic E-state index is 0.00426. The lowest BCUT2D eigenvalue weighted by Crippen LogP contribution is -2.21. The Morgan fingerprint density at radius 1 is 1.32 bits per heavy atom. The van der Waals surface area contributed by atoms with E-state index in [0.29, 0.717) is 11.4 Å². The number of rotatable bonds is 4. The van der Waals surface area contributed by atoms with Crippen molar-refractivity contribution in [3.05, 3.63) is 34.8 Å². The smallest absolute Gasteiger partial charge is 0.186 e. The van der Waals surface area contributed by atoms with Gasteiger partial charge in [-0.1, -0.05) is 13.8 Å². The number of nitrogens with zero attached hydrogens (tertiary/aromatic N) is 4. The molecular formula is C13H18N6. The van der Waals surface area contributed by atoms with Crippen LogP contribution in [0.25, 0.3) is 5.82 Å². The van der Waals surface area contributed by atoms with E-state index in [1.165, 1.54) is 0 Å². The molecule has 6 heteroatoms. The molecule has 0 aliphatic rings. The summed E-state index contributed by atoms with van der Waals surface area (Å²) in [5.41, 5.74) is 9.12. The van der Waals surface area contributed by atoms with Crippen LogP contribution in [0.5, 0.6) is 0 Å². The molecule has 0 unspecified atom stereocenters. The lowest BCUT2D eigenvalue weighted by Gasteiger charge is -2.14. The second-order valence-electron chi connectivity index (χ2n) is 4.35. The number of amidine groups is 1. The molecule has 0 aliphatic heterocycles. The highest BCUT2D eigenvalue weighted by molar-refractivity contribution is 5.99. The van der Waals surface area contributed by atoms with E-state index in [-0.39, 0.29) is 5.84 Å². The van der Waals surface area contributed by atoms with Gasteiger partial charge >= 0.3 is 0 Å². The molecule has 0 radical (unpaired) electrons. The molecule has 0 atom stereocenters. The van der Waals surface area contributed by atoms with Crippen molar-refractivity contribution in [3.63, 3.8) is 0 Å². The second kappa shape index (κ2) is 5.17. The summed E-state index contributed by atoms with van der Waals surface area (Å²) in [6.45, 7) is 5.95. The molecule has 0 bridgehead atoms. The maximum absolute atomic E-state index is 7.82. The Bertz CT molecular complexity index is 614. The topological polar surface area (TPSA) is 93.5 Å². The van der Waals surface area contributed by atoms with Gasteiger partial charge in [0.05, 0.1) is 17.0 Å². The summed E-state index contributed by atoms with van der Waals surface area (Å²) in [4.78, 5) is 0. The fourth-order valence-electron chi connectivity index (χ4n) is 2.14. The van der Waals surface area contributed by atoms with Gasteiger partial charge in [-0.15, -0.1) is 5.10 Å². The number of nitrogens with two attached hydrogens (primary N) is 1. The minimum Gasteiger partial charge on any atom is -0.384 e. The molecule has 0 saturated carbocycles. The van der Waals surface area contributed by atoms with Crippen LogP contribution in [-0.4, -0.2) is 25.8 Å². The largest absolute Gasteiger partial charge is 0.384 e. The molecule has 0 aromatic carbocycles. The average Bonchev–Trinajstić information content (AvgIpc) is 2.83. The zero-order valence-electron chi connectivity index (χ0n) is 11.4. The zero-order valence-corrected chi connectivity index (χ0v) is 11.4. The zero-order chi connectivity index (χ0) is 14.0. The highest BCUT2D eigenvalue weighted by atomic mass is 15.3. The minimum atomic E-state index is 0.00426. The van der Waals surface area contributed by atoms with Crippen molar-refractivity contribution in [3.8, 4) is 5.82 Å². The summed E-state index contributed by atoms with van der Waals surface area (Å²) in [5.74, 6) is 0.527. The number of nitrogens with one attached hydrogen (secondary N) is 1. The van der Waals surface area contributed by atoms with Crippen molar-refractivity contribution in [2.24, 2.45) is 5.73 Å². The van der Waals surface area contributed by atoms with Crippen LogP contribution < -0.4 is 5.73 Å². The Kier molecular flexibility index (Phi) is 3.59. The van der Waals surface area contributed by atoms with Gasteiger partial charge in [0.15, 0.2) is 5.82 Å². The molecule has 0 fully saturated rings. The number of nitrogen functional groups attached to an aromatic ring is 1. The van der Waals surface area contributed by atoms with Gasteiger partial charge in [0.25, 0.3) is 0 Å². The van der Waals surface area contributed by atoms with Gasteiger partial charge in [0, 0.05) is 6.20 Å². The summed E-state index contributed by atoms with van der Waals surface area (Å²) in [6.07, 6.45) is 3.34. The predicted molar refractivity (Wildman–Crippen MR) is 73.7 cm³/mol. The number of aryl methyl sites for hydroxylation is 2. The van der Waals surface area contributed by atoms with E-state index in [9.17, 15) is 0 Å². The van der Waals surface area contributed by atoms with Crippen molar-refractivity contribution in [1.82, 2.24) is 20.0 Å². The SMILES string of the molecule is CCc1nnc(-n2ccc(C)n2)c(C(=N)N)c1CC. The first-order chi connectivity index (χ1) is 9.08. The fraction of sp³-hybridized carbons (Fsp3) is 0.385. The summed E-state index contributed by atoms with van der Waals surface area (Å²) in [7, 11) is 0. The van der Waals surface area contributed by atoms with Gasteiger partial charge in [-0.05, 0) is 31.4 Å². The number of aromatic nitrogens is 4. The summed E-state index contributed by atoms with van der Waals surface area (Å²) >= 11 is 0. The molecule has 100 valence electrons. The first kappa shape index (κ1) is 13.2. The van der Waals surface area contributed by atoms with Crippen LogP contribution in [0.15, 0.2) is 12.3 Å². The lowest BCUT2D eigenvalue weighted by atomic mass is 10.0. The van der Waals surface area contributed by atoms with E-state index in [1.807, 2.05) is 26.8 Å². The molecule has 2 aromatic heterocycles. The average molecular weight is 258 g/mol. The van der Waals surface area contributed by atoms with Crippen LogP contribution in [0.4, 0.5) is 0 Å². The molecule has 6 nitrogen and oxygen atoms in total. The van der Waals surface area contributed by atoms with Crippen molar-refractivity contribution >= 4 is 5.84 Å². The van der Waals surface area contributed by atoms with Gasteiger partial charge in [-0.3, -0.25) is 5.41 Å². The summed E-state index contributed by atoms with van der Waals surface area (Å²) in [6, 6.07) is 1.88. The van der Waals surface area contributed by atoms with E-state index in [0.717, 1.165) is 29.8 Å². The molecule has 0 amide bonds. The second-order valence-corrected chi connectivity index (χ2v) is 4.35. The Labute approximate surface area is 112 Å². The van der Waals surface area contributed by atoms with Crippen molar-refractivity contribution in [2.75, 3.05) is 0 Å². The maximum atomic E-state index is 7.82. The van der Waals surface area contributed by atoms with Crippen molar-refractivity contribution in [1.29, 1.82) is 5.41 Å². The van der Waals surface area contributed by atoms with Crippen LogP contribution in [0.1, 0.15) is 36.4 Å². The van der Waals surface area contributed by atoms with Crippen LogP contribution in [0, 0.1) is 12.3 Å². The summed E-state index contributed by atoms with van der Waals surface area (Å²) in [5, 5.41) is 20.6. The Hall–Kier alpha value is -2.24. The van der Waals surface area contributed by atoms with Crippen LogP contribution in [0.2, 0.25) is 0 Å². The van der Waals surface area contributed by atoms with E-state index in [4.69, 9.17) is 11.1 Å². The van der Waals surface area contributed by atoms with E-state index in [2.05, 4.69) is 15.3 Å². The van der Waals surface area contributed by atoms with Crippen LogP contribution in [-0.2, 0) is 12.8 Å². The first-order valence-corrected chi connectivity index (χ1v) is 6.33. The van der Waals surface area contributed by atoms with Gasteiger partial charge in [-0.25, -0.2) is 4.68 Å². The fourth-order valence-corrected chi connectivity index (χ4v) is 2.14. The highest BCUT2D eigenvalue weighted by Gasteiger charge is 2.18. The molecule has 2 heterocycles.